The van der Waals surface area contributed by atoms with Crippen molar-refractivity contribution in [2.24, 2.45) is 4.99 Å². The van der Waals surface area contributed by atoms with Gasteiger partial charge in [-0.25, -0.2) is 15.0 Å². The molecule has 0 bridgehead atoms. The highest BCUT2D eigenvalue weighted by Gasteiger charge is 2.06. The maximum absolute atomic E-state index is 5.55. The average molecular weight is 317 g/mol. The van der Waals surface area contributed by atoms with Crippen molar-refractivity contribution in [3.63, 3.8) is 0 Å². The molecule has 0 saturated heterocycles. The predicted molar refractivity (Wildman–Crippen MR) is 88.4 cm³/mol. The third-order valence-corrected chi connectivity index (χ3v) is 3.25. The molecule has 0 saturated carbocycles. The summed E-state index contributed by atoms with van der Waals surface area (Å²) in [6.07, 6.45) is 1.76. The van der Waals surface area contributed by atoms with Gasteiger partial charge in [0, 0.05) is 18.8 Å². The quantitative estimate of drug-likeness (QED) is 0.626. The Morgan fingerprint density at radius 1 is 1.30 bits per heavy atom. The molecule has 2 rings (SSSR count). The number of rotatable bonds is 6. The van der Waals surface area contributed by atoms with Crippen LogP contribution in [0.3, 0.4) is 0 Å². The Bertz CT molecular complexity index is 629. The predicted octanol–water partition coefficient (Wildman–Crippen LogP) is 1.95. The van der Waals surface area contributed by atoms with Crippen LogP contribution in [0.1, 0.15) is 29.8 Å². The summed E-state index contributed by atoms with van der Waals surface area (Å²) < 4.78 is 10.6. The van der Waals surface area contributed by atoms with Crippen LogP contribution in [0.2, 0.25) is 0 Å². The maximum atomic E-state index is 5.55. The number of nitrogens with zero attached hydrogens (tertiary/aromatic N) is 3. The van der Waals surface area contributed by atoms with Gasteiger partial charge < -0.3 is 19.8 Å². The molecule has 0 aromatic carbocycles. The molecule has 23 heavy (non-hydrogen) atoms. The number of hydrogen-bond donors (Lipinski definition) is 2. The zero-order valence-corrected chi connectivity index (χ0v) is 14.0. The lowest BCUT2D eigenvalue weighted by molar-refractivity contribution is 0.397. The van der Waals surface area contributed by atoms with Gasteiger partial charge in [-0.2, -0.15) is 0 Å². The summed E-state index contributed by atoms with van der Waals surface area (Å²) in [5.41, 5.74) is 1.92. The van der Waals surface area contributed by atoms with Gasteiger partial charge in [0.15, 0.2) is 5.96 Å². The molecule has 2 N–H and O–H groups in total. The summed E-state index contributed by atoms with van der Waals surface area (Å²) in [5.74, 6) is 2.79. The Morgan fingerprint density at radius 3 is 2.70 bits per heavy atom. The average Bonchev–Trinajstić information content (AvgIpc) is 2.89. The summed E-state index contributed by atoms with van der Waals surface area (Å²) in [7, 11) is 1.60. The second-order valence-corrected chi connectivity index (χ2v) is 5.01. The van der Waals surface area contributed by atoms with Crippen molar-refractivity contribution < 1.29 is 9.15 Å². The molecule has 0 atom stereocenters. The van der Waals surface area contributed by atoms with Gasteiger partial charge in [-0.1, -0.05) is 6.07 Å². The van der Waals surface area contributed by atoms with Crippen LogP contribution in [0.4, 0.5) is 0 Å². The molecule has 0 aliphatic carbocycles. The molecule has 124 valence electrons. The summed E-state index contributed by atoms with van der Waals surface area (Å²) in [5, 5.41) is 6.40. The number of aromatic nitrogens is 2. The summed E-state index contributed by atoms with van der Waals surface area (Å²) in [6, 6.07) is 3.77. The first-order valence-corrected chi connectivity index (χ1v) is 7.56. The Kier molecular flexibility index (Phi) is 5.96. The van der Waals surface area contributed by atoms with Gasteiger partial charge >= 0.3 is 0 Å². The lowest BCUT2D eigenvalue weighted by atomic mass is 10.3. The third-order valence-electron chi connectivity index (χ3n) is 3.25. The van der Waals surface area contributed by atoms with E-state index in [2.05, 4.69) is 25.6 Å². The van der Waals surface area contributed by atoms with Crippen molar-refractivity contribution in [1.82, 2.24) is 20.6 Å². The van der Waals surface area contributed by atoms with Crippen molar-refractivity contribution in [3.05, 3.63) is 41.2 Å². The van der Waals surface area contributed by atoms with E-state index in [0.29, 0.717) is 30.8 Å². The second kappa shape index (κ2) is 8.17. The first kappa shape index (κ1) is 16.8. The molecule has 0 unspecified atom stereocenters. The van der Waals surface area contributed by atoms with Crippen molar-refractivity contribution >= 4 is 5.96 Å². The number of guanidine groups is 1. The molecule has 7 nitrogen and oxygen atoms in total. The normalized spacial score (nSPS) is 11.4. The van der Waals surface area contributed by atoms with Crippen LogP contribution in [0, 0.1) is 13.8 Å². The molecule has 0 fully saturated rings. The van der Waals surface area contributed by atoms with Gasteiger partial charge in [-0.3, -0.25) is 0 Å². The SMILES string of the molecule is CCNC(=NCc1ccc(OC)nc1)NCc1nc(C)c(C)o1. The van der Waals surface area contributed by atoms with E-state index >= 15 is 0 Å². The minimum absolute atomic E-state index is 0.487. The monoisotopic (exact) mass is 317 g/mol. The fourth-order valence-electron chi connectivity index (χ4n) is 1.91. The number of aryl methyl sites for hydroxylation is 2. The van der Waals surface area contributed by atoms with Crippen LogP contribution in [0.5, 0.6) is 5.88 Å². The topological polar surface area (TPSA) is 84.6 Å². The van der Waals surface area contributed by atoms with E-state index in [9.17, 15) is 0 Å². The third kappa shape index (κ3) is 4.98. The molecule has 0 amide bonds. The first-order chi connectivity index (χ1) is 11.1. The van der Waals surface area contributed by atoms with E-state index < -0.39 is 0 Å². The molecule has 7 heteroatoms. The smallest absolute Gasteiger partial charge is 0.214 e. The highest BCUT2D eigenvalue weighted by Crippen LogP contribution is 2.08. The number of oxazole rings is 1. The molecule has 0 aliphatic heterocycles. The zero-order chi connectivity index (χ0) is 16.7. The van der Waals surface area contributed by atoms with Gasteiger partial charge in [0.05, 0.1) is 25.9 Å². The van der Waals surface area contributed by atoms with Crippen molar-refractivity contribution in [2.75, 3.05) is 13.7 Å². The van der Waals surface area contributed by atoms with Crippen LogP contribution in [-0.4, -0.2) is 29.6 Å². The van der Waals surface area contributed by atoms with E-state index in [0.717, 1.165) is 23.6 Å². The standard InChI is InChI=1S/C16H23N5O2/c1-5-17-16(20-10-15-21-11(2)12(3)23-15)19-9-13-6-7-14(22-4)18-8-13/h6-8H,5,9-10H2,1-4H3,(H2,17,19,20). The van der Waals surface area contributed by atoms with Gasteiger partial charge in [0.2, 0.25) is 11.8 Å². The van der Waals surface area contributed by atoms with Gasteiger partial charge in [-0.05, 0) is 26.3 Å². The Hall–Kier alpha value is -2.57. The van der Waals surface area contributed by atoms with Crippen LogP contribution in [0.25, 0.3) is 0 Å². The summed E-state index contributed by atoms with van der Waals surface area (Å²) in [4.78, 5) is 13.0. The highest BCUT2D eigenvalue weighted by molar-refractivity contribution is 5.79. The lowest BCUT2D eigenvalue weighted by Crippen LogP contribution is -2.36. The van der Waals surface area contributed by atoms with E-state index in [1.165, 1.54) is 0 Å². The van der Waals surface area contributed by atoms with Crippen molar-refractivity contribution in [2.45, 2.75) is 33.9 Å². The molecule has 2 heterocycles. The molecular formula is C16H23N5O2. The Balaban J connectivity index is 1.95. The van der Waals surface area contributed by atoms with Gasteiger partial charge in [0.25, 0.3) is 0 Å². The molecular weight excluding hydrogens is 294 g/mol. The first-order valence-electron chi connectivity index (χ1n) is 7.56. The Morgan fingerprint density at radius 2 is 2.13 bits per heavy atom. The number of ether oxygens (including phenoxy) is 1. The number of pyridine rings is 1. The highest BCUT2D eigenvalue weighted by atomic mass is 16.5. The van der Waals surface area contributed by atoms with E-state index in [4.69, 9.17) is 9.15 Å². The van der Waals surface area contributed by atoms with Crippen molar-refractivity contribution in [3.8, 4) is 5.88 Å². The largest absolute Gasteiger partial charge is 0.481 e. The minimum Gasteiger partial charge on any atom is -0.481 e. The number of methoxy groups -OCH3 is 1. The summed E-state index contributed by atoms with van der Waals surface area (Å²) >= 11 is 0. The Labute approximate surface area is 136 Å². The fraction of sp³-hybridized carbons (Fsp3) is 0.438. The molecule has 0 aliphatic rings. The minimum atomic E-state index is 0.487. The number of aliphatic imine (C=N–C) groups is 1. The van der Waals surface area contributed by atoms with E-state index in [1.807, 2.05) is 32.9 Å². The van der Waals surface area contributed by atoms with Crippen LogP contribution in [-0.2, 0) is 13.1 Å². The van der Waals surface area contributed by atoms with Crippen LogP contribution in [0.15, 0.2) is 27.7 Å². The molecule has 0 spiro atoms. The molecule has 2 aromatic rings. The summed E-state index contributed by atoms with van der Waals surface area (Å²) in [6.45, 7) is 7.64. The molecule has 0 radical (unpaired) electrons. The van der Waals surface area contributed by atoms with Gasteiger partial charge in [0.1, 0.15) is 5.76 Å². The van der Waals surface area contributed by atoms with Crippen LogP contribution >= 0.6 is 0 Å². The van der Waals surface area contributed by atoms with E-state index in [-0.39, 0.29) is 0 Å². The maximum Gasteiger partial charge on any atom is 0.214 e. The number of nitrogens with one attached hydrogen (secondary N) is 2. The fourth-order valence-corrected chi connectivity index (χ4v) is 1.91. The number of hydrogen-bond acceptors (Lipinski definition) is 5. The van der Waals surface area contributed by atoms with Gasteiger partial charge in [-0.15, -0.1) is 0 Å². The van der Waals surface area contributed by atoms with E-state index in [1.54, 1.807) is 13.3 Å². The zero-order valence-electron chi connectivity index (χ0n) is 14.0. The molecule has 2 aromatic heterocycles. The lowest BCUT2D eigenvalue weighted by Gasteiger charge is -2.09. The second-order valence-electron chi connectivity index (χ2n) is 5.01. The van der Waals surface area contributed by atoms with Crippen LogP contribution < -0.4 is 15.4 Å². The van der Waals surface area contributed by atoms with Crippen molar-refractivity contribution in [1.29, 1.82) is 0 Å².